The minimum atomic E-state index is -0.00812. The van der Waals surface area contributed by atoms with Crippen LogP contribution in [0.4, 0.5) is 5.82 Å². The molecule has 0 radical (unpaired) electrons. The van der Waals surface area contributed by atoms with E-state index < -0.39 is 0 Å². The van der Waals surface area contributed by atoms with Crippen LogP contribution in [0.2, 0.25) is 0 Å². The number of hydrogen-bond donors (Lipinski definition) is 1. The average molecular weight is 379 g/mol. The molecular weight excluding hydrogens is 354 g/mol. The molecule has 1 aromatic carbocycles. The van der Waals surface area contributed by atoms with E-state index in [1.807, 2.05) is 18.2 Å². The van der Waals surface area contributed by atoms with Gasteiger partial charge in [0.15, 0.2) is 0 Å². The first-order valence-corrected chi connectivity index (χ1v) is 10.00. The number of morpholine rings is 1. The Hall–Kier alpha value is -2.67. The van der Waals surface area contributed by atoms with Crippen molar-refractivity contribution < 1.29 is 9.47 Å². The summed E-state index contributed by atoms with van der Waals surface area (Å²) >= 11 is 0. The molecule has 3 heterocycles. The maximum Gasteiger partial charge on any atom is 0.132 e. The second kappa shape index (κ2) is 6.74. The molecule has 1 saturated heterocycles. The van der Waals surface area contributed by atoms with Crippen molar-refractivity contribution in [3.8, 4) is 17.1 Å². The number of nitrogens with zero attached hydrogens (tertiary/aromatic N) is 4. The monoisotopic (exact) mass is 379 g/mol. The van der Waals surface area contributed by atoms with E-state index in [0.29, 0.717) is 0 Å². The topological polar surface area (TPSA) is 76.2 Å². The fourth-order valence-corrected chi connectivity index (χ4v) is 3.64. The molecule has 1 atom stereocenters. The van der Waals surface area contributed by atoms with Crippen molar-refractivity contribution in [1.82, 2.24) is 20.2 Å². The van der Waals surface area contributed by atoms with Crippen LogP contribution in [0.1, 0.15) is 33.1 Å². The maximum absolute atomic E-state index is 6.13. The number of rotatable bonds is 5. The molecular formula is C21H25N5O2. The highest BCUT2D eigenvalue weighted by Crippen LogP contribution is 2.40. The van der Waals surface area contributed by atoms with E-state index in [4.69, 9.17) is 9.47 Å². The number of aromatic amines is 1. The Balaban J connectivity index is 1.47. The average Bonchev–Trinajstić information content (AvgIpc) is 3.30. The molecule has 1 aliphatic heterocycles. The summed E-state index contributed by atoms with van der Waals surface area (Å²) < 4.78 is 11.9. The molecule has 0 bridgehead atoms. The Morgan fingerprint density at radius 3 is 3.00 bits per heavy atom. The van der Waals surface area contributed by atoms with Crippen molar-refractivity contribution in [1.29, 1.82) is 0 Å². The summed E-state index contributed by atoms with van der Waals surface area (Å²) in [5.41, 5.74) is 2.62. The van der Waals surface area contributed by atoms with Crippen molar-refractivity contribution in [2.45, 2.75) is 44.8 Å². The highest BCUT2D eigenvalue weighted by Gasteiger charge is 2.40. The number of H-pyrrole nitrogens is 1. The molecule has 3 aromatic rings. The summed E-state index contributed by atoms with van der Waals surface area (Å²) in [4.78, 5) is 11.3. The standard InChI is InChI=1S/C21H25N5O2/c1-3-14-12-26(8-9-27-14)19-11-18(22-13-23-19)20-16-10-15(28-21(2)6-7-21)4-5-17(16)24-25-20/h4-5,10-11,13-14H,3,6-9,12H2,1-2H3,(H,24,25)/t14-/m0/s1. The van der Waals surface area contributed by atoms with Crippen LogP contribution < -0.4 is 9.64 Å². The largest absolute Gasteiger partial charge is 0.488 e. The second-order valence-electron chi connectivity index (χ2n) is 7.94. The second-order valence-corrected chi connectivity index (χ2v) is 7.94. The third-order valence-electron chi connectivity index (χ3n) is 5.67. The van der Waals surface area contributed by atoms with Gasteiger partial charge in [-0.25, -0.2) is 9.97 Å². The van der Waals surface area contributed by atoms with E-state index in [1.165, 1.54) is 0 Å². The van der Waals surface area contributed by atoms with E-state index in [1.54, 1.807) is 6.33 Å². The molecule has 2 fully saturated rings. The minimum absolute atomic E-state index is 0.00812. The van der Waals surface area contributed by atoms with Gasteiger partial charge in [-0.2, -0.15) is 5.10 Å². The van der Waals surface area contributed by atoms with Crippen LogP contribution in [0.5, 0.6) is 5.75 Å². The van der Waals surface area contributed by atoms with Gasteiger partial charge in [-0.05, 0) is 44.4 Å². The SMILES string of the molecule is CC[C@H]1CN(c2cc(-c3[nH]nc4ccc(OC5(C)CC5)cc34)ncn2)CCO1. The number of fused-ring (bicyclic) bond motifs is 1. The van der Waals surface area contributed by atoms with E-state index in [2.05, 4.69) is 45.0 Å². The predicted octanol–water partition coefficient (Wildman–Crippen LogP) is 3.57. The Morgan fingerprint density at radius 1 is 1.29 bits per heavy atom. The lowest BCUT2D eigenvalue weighted by Crippen LogP contribution is -2.42. The molecule has 28 heavy (non-hydrogen) atoms. The molecule has 1 saturated carbocycles. The molecule has 7 nitrogen and oxygen atoms in total. The van der Waals surface area contributed by atoms with Crippen molar-refractivity contribution in [2.24, 2.45) is 0 Å². The van der Waals surface area contributed by atoms with Gasteiger partial charge in [-0.15, -0.1) is 0 Å². The third kappa shape index (κ3) is 3.30. The first-order chi connectivity index (χ1) is 13.6. The molecule has 2 aromatic heterocycles. The van der Waals surface area contributed by atoms with E-state index in [9.17, 15) is 0 Å². The first kappa shape index (κ1) is 17.4. The van der Waals surface area contributed by atoms with Crippen molar-refractivity contribution in [2.75, 3.05) is 24.6 Å². The summed E-state index contributed by atoms with van der Waals surface area (Å²) in [7, 11) is 0. The van der Waals surface area contributed by atoms with Gasteiger partial charge in [-0.3, -0.25) is 5.10 Å². The number of benzene rings is 1. The van der Waals surface area contributed by atoms with E-state index in [0.717, 1.165) is 72.8 Å². The van der Waals surface area contributed by atoms with E-state index in [-0.39, 0.29) is 11.7 Å². The predicted molar refractivity (Wildman–Crippen MR) is 108 cm³/mol. The Morgan fingerprint density at radius 2 is 2.18 bits per heavy atom. The summed E-state index contributed by atoms with van der Waals surface area (Å²) in [5, 5.41) is 8.60. The normalized spacial score (nSPS) is 21.1. The van der Waals surface area contributed by atoms with Crippen LogP contribution in [0, 0.1) is 0 Å². The number of anilines is 1. The van der Waals surface area contributed by atoms with Crippen LogP contribution in [-0.4, -0.2) is 51.6 Å². The van der Waals surface area contributed by atoms with Gasteiger partial charge in [0.2, 0.25) is 0 Å². The van der Waals surface area contributed by atoms with E-state index >= 15 is 0 Å². The molecule has 0 spiro atoms. The molecule has 1 N–H and O–H groups in total. The smallest absolute Gasteiger partial charge is 0.132 e. The number of hydrogen-bond acceptors (Lipinski definition) is 6. The number of nitrogens with one attached hydrogen (secondary N) is 1. The zero-order chi connectivity index (χ0) is 19.1. The van der Waals surface area contributed by atoms with Crippen LogP contribution in [0.25, 0.3) is 22.3 Å². The fraction of sp³-hybridized carbons (Fsp3) is 0.476. The minimum Gasteiger partial charge on any atom is -0.488 e. The van der Waals surface area contributed by atoms with Gasteiger partial charge in [-0.1, -0.05) is 6.92 Å². The van der Waals surface area contributed by atoms with Gasteiger partial charge >= 0.3 is 0 Å². The lowest BCUT2D eigenvalue weighted by Gasteiger charge is -2.33. The van der Waals surface area contributed by atoms with Crippen LogP contribution in [-0.2, 0) is 4.74 Å². The zero-order valence-corrected chi connectivity index (χ0v) is 16.3. The highest BCUT2D eigenvalue weighted by atomic mass is 16.5. The van der Waals surface area contributed by atoms with Crippen molar-refractivity contribution in [3.63, 3.8) is 0 Å². The molecule has 1 aliphatic carbocycles. The van der Waals surface area contributed by atoms with Crippen LogP contribution in [0.15, 0.2) is 30.6 Å². The summed E-state index contributed by atoms with van der Waals surface area (Å²) in [6.45, 7) is 6.72. The molecule has 0 amide bonds. The summed E-state index contributed by atoms with van der Waals surface area (Å²) in [6.07, 6.45) is 5.10. The molecule has 7 heteroatoms. The van der Waals surface area contributed by atoms with Gasteiger partial charge < -0.3 is 14.4 Å². The molecule has 0 unspecified atom stereocenters. The Kier molecular flexibility index (Phi) is 4.19. The Labute approximate surface area is 164 Å². The molecule has 5 rings (SSSR count). The first-order valence-electron chi connectivity index (χ1n) is 10.00. The molecule has 2 aliphatic rings. The number of ether oxygens (including phenoxy) is 2. The van der Waals surface area contributed by atoms with Crippen LogP contribution in [0.3, 0.4) is 0 Å². The lowest BCUT2D eigenvalue weighted by atomic mass is 10.1. The lowest BCUT2D eigenvalue weighted by molar-refractivity contribution is 0.0381. The fourth-order valence-electron chi connectivity index (χ4n) is 3.64. The summed E-state index contributed by atoms with van der Waals surface area (Å²) in [5.74, 6) is 1.80. The quantitative estimate of drug-likeness (QED) is 0.730. The van der Waals surface area contributed by atoms with Crippen molar-refractivity contribution >= 4 is 16.7 Å². The Bertz CT molecular complexity index is 997. The molecule has 146 valence electrons. The number of aromatic nitrogens is 4. The zero-order valence-electron chi connectivity index (χ0n) is 16.3. The maximum atomic E-state index is 6.13. The highest BCUT2D eigenvalue weighted by molar-refractivity contribution is 5.93. The van der Waals surface area contributed by atoms with Gasteiger partial charge in [0.05, 0.1) is 29.6 Å². The van der Waals surface area contributed by atoms with Crippen LogP contribution >= 0.6 is 0 Å². The third-order valence-corrected chi connectivity index (χ3v) is 5.67. The summed E-state index contributed by atoms with van der Waals surface area (Å²) in [6, 6.07) is 8.06. The van der Waals surface area contributed by atoms with Gasteiger partial charge in [0.25, 0.3) is 0 Å². The van der Waals surface area contributed by atoms with Gasteiger partial charge in [0.1, 0.15) is 23.5 Å². The van der Waals surface area contributed by atoms with Gasteiger partial charge in [0, 0.05) is 24.5 Å². The van der Waals surface area contributed by atoms with Crippen molar-refractivity contribution in [3.05, 3.63) is 30.6 Å².